The number of pyridine rings is 1. The lowest BCUT2D eigenvalue weighted by atomic mass is 9.99. The van der Waals surface area contributed by atoms with Crippen molar-refractivity contribution >= 4 is 0 Å². The molecule has 2 heterocycles. The second-order valence-electron chi connectivity index (χ2n) is 5.40. The van der Waals surface area contributed by atoms with Gasteiger partial charge < -0.3 is 0 Å². The van der Waals surface area contributed by atoms with E-state index >= 15 is 0 Å². The summed E-state index contributed by atoms with van der Waals surface area (Å²) in [6.07, 6.45) is 3.47. The average Bonchev–Trinajstić information content (AvgIpc) is 2.69. The molecule has 0 fully saturated rings. The Morgan fingerprint density at radius 3 is 1.83 bits per heavy atom. The minimum absolute atomic E-state index is 0.634. The highest BCUT2D eigenvalue weighted by Crippen LogP contribution is 2.32. The first-order valence-corrected chi connectivity index (χ1v) is 7.81. The van der Waals surface area contributed by atoms with E-state index < -0.39 is 0 Å². The predicted octanol–water partition coefficient (Wildman–Crippen LogP) is 4.87. The lowest BCUT2D eigenvalue weighted by Crippen LogP contribution is -1.95. The SMILES string of the molecule is c1ccc(-c2ccc(-c3ncccn3)nc2-c2ccccc2)cc1. The normalized spacial score (nSPS) is 10.5. The zero-order valence-corrected chi connectivity index (χ0v) is 13.0. The van der Waals surface area contributed by atoms with Crippen molar-refractivity contribution in [1.29, 1.82) is 0 Å². The van der Waals surface area contributed by atoms with Crippen molar-refractivity contribution < 1.29 is 0 Å². The topological polar surface area (TPSA) is 38.7 Å². The first-order valence-electron chi connectivity index (χ1n) is 7.81. The summed E-state index contributed by atoms with van der Waals surface area (Å²) in [6, 6.07) is 26.4. The van der Waals surface area contributed by atoms with Gasteiger partial charge in [-0.15, -0.1) is 0 Å². The molecule has 0 atom stereocenters. The van der Waals surface area contributed by atoms with Gasteiger partial charge in [0.2, 0.25) is 0 Å². The summed E-state index contributed by atoms with van der Waals surface area (Å²) in [4.78, 5) is 13.5. The first-order chi connectivity index (χ1) is 11.9. The molecular weight excluding hydrogens is 294 g/mol. The van der Waals surface area contributed by atoms with E-state index in [1.54, 1.807) is 18.5 Å². The molecule has 3 heteroatoms. The van der Waals surface area contributed by atoms with Gasteiger partial charge in [-0.05, 0) is 23.8 Å². The van der Waals surface area contributed by atoms with Crippen LogP contribution in [0.3, 0.4) is 0 Å². The summed E-state index contributed by atoms with van der Waals surface area (Å²) in [6.45, 7) is 0. The Morgan fingerprint density at radius 1 is 0.542 bits per heavy atom. The molecule has 0 spiro atoms. The molecule has 2 aromatic carbocycles. The Balaban J connectivity index is 1.92. The highest BCUT2D eigenvalue weighted by Gasteiger charge is 2.12. The van der Waals surface area contributed by atoms with E-state index in [4.69, 9.17) is 4.98 Å². The molecule has 0 N–H and O–H groups in total. The third-order valence-corrected chi connectivity index (χ3v) is 3.82. The molecule has 0 aliphatic heterocycles. The molecule has 0 saturated carbocycles. The van der Waals surface area contributed by atoms with Crippen LogP contribution in [-0.2, 0) is 0 Å². The van der Waals surface area contributed by atoms with Gasteiger partial charge in [-0.3, -0.25) is 0 Å². The number of benzene rings is 2. The first kappa shape index (κ1) is 14.3. The number of hydrogen-bond donors (Lipinski definition) is 0. The van der Waals surface area contributed by atoms with E-state index in [1.165, 1.54) is 0 Å². The fourth-order valence-corrected chi connectivity index (χ4v) is 2.68. The van der Waals surface area contributed by atoms with Gasteiger partial charge in [-0.2, -0.15) is 0 Å². The van der Waals surface area contributed by atoms with Crippen molar-refractivity contribution in [2.45, 2.75) is 0 Å². The molecule has 2 aromatic heterocycles. The van der Waals surface area contributed by atoms with Crippen molar-refractivity contribution in [1.82, 2.24) is 15.0 Å². The standard InChI is InChI=1S/C21H15N3/c1-3-8-16(9-4-1)18-12-13-19(21-22-14-7-15-23-21)24-20(18)17-10-5-2-6-11-17/h1-15H. The maximum atomic E-state index is 4.86. The smallest absolute Gasteiger partial charge is 0.178 e. The minimum atomic E-state index is 0.634. The Hall–Kier alpha value is -3.33. The van der Waals surface area contributed by atoms with E-state index in [1.807, 2.05) is 42.5 Å². The maximum Gasteiger partial charge on any atom is 0.178 e. The molecular formula is C21H15N3. The van der Waals surface area contributed by atoms with E-state index in [9.17, 15) is 0 Å². The molecule has 4 aromatic rings. The summed E-state index contributed by atoms with van der Waals surface area (Å²) in [7, 11) is 0. The van der Waals surface area contributed by atoms with Gasteiger partial charge in [-0.25, -0.2) is 15.0 Å². The molecule has 0 aliphatic carbocycles. The van der Waals surface area contributed by atoms with Crippen LogP contribution in [-0.4, -0.2) is 15.0 Å². The van der Waals surface area contributed by atoms with Crippen LogP contribution in [0.5, 0.6) is 0 Å². The second kappa shape index (κ2) is 6.42. The van der Waals surface area contributed by atoms with E-state index in [2.05, 4.69) is 40.3 Å². The van der Waals surface area contributed by atoms with Crippen LogP contribution in [0.4, 0.5) is 0 Å². The van der Waals surface area contributed by atoms with Gasteiger partial charge in [0.05, 0.1) is 5.69 Å². The number of hydrogen-bond acceptors (Lipinski definition) is 3. The third kappa shape index (κ3) is 2.79. The van der Waals surface area contributed by atoms with Gasteiger partial charge in [-0.1, -0.05) is 60.7 Å². The van der Waals surface area contributed by atoms with Crippen LogP contribution in [0.25, 0.3) is 33.9 Å². The highest BCUT2D eigenvalue weighted by molar-refractivity contribution is 5.82. The highest BCUT2D eigenvalue weighted by atomic mass is 14.9. The summed E-state index contributed by atoms with van der Waals surface area (Å²) in [5.41, 5.74) is 5.03. The van der Waals surface area contributed by atoms with Crippen molar-refractivity contribution in [2.24, 2.45) is 0 Å². The molecule has 0 amide bonds. The molecule has 0 bridgehead atoms. The zero-order valence-electron chi connectivity index (χ0n) is 13.0. The summed E-state index contributed by atoms with van der Waals surface area (Å²) >= 11 is 0. The molecule has 3 nitrogen and oxygen atoms in total. The lowest BCUT2D eigenvalue weighted by molar-refractivity contribution is 1.14. The van der Waals surface area contributed by atoms with Crippen LogP contribution in [0.1, 0.15) is 0 Å². The van der Waals surface area contributed by atoms with E-state index in [0.717, 1.165) is 28.1 Å². The quantitative estimate of drug-likeness (QED) is 0.542. The Bertz CT molecular complexity index is 936. The summed E-state index contributed by atoms with van der Waals surface area (Å²) < 4.78 is 0. The van der Waals surface area contributed by atoms with Crippen molar-refractivity contribution in [3.8, 4) is 33.9 Å². The largest absolute Gasteiger partial charge is 0.244 e. The fraction of sp³-hybridized carbons (Fsp3) is 0. The van der Waals surface area contributed by atoms with Crippen LogP contribution in [0.2, 0.25) is 0 Å². The van der Waals surface area contributed by atoms with Crippen molar-refractivity contribution in [3.63, 3.8) is 0 Å². The molecule has 24 heavy (non-hydrogen) atoms. The monoisotopic (exact) mass is 309 g/mol. The second-order valence-corrected chi connectivity index (χ2v) is 5.40. The van der Waals surface area contributed by atoms with Crippen LogP contribution < -0.4 is 0 Å². The fourth-order valence-electron chi connectivity index (χ4n) is 2.68. The predicted molar refractivity (Wildman–Crippen MR) is 96.1 cm³/mol. The molecule has 0 unspecified atom stereocenters. The Morgan fingerprint density at radius 2 is 1.17 bits per heavy atom. The van der Waals surface area contributed by atoms with Gasteiger partial charge in [0.25, 0.3) is 0 Å². The average molecular weight is 309 g/mol. The number of aromatic nitrogens is 3. The molecule has 0 aliphatic rings. The van der Waals surface area contributed by atoms with Crippen LogP contribution in [0.15, 0.2) is 91.3 Å². The Labute approximate surface area is 140 Å². The number of rotatable bonds is 3. The maximum absolute atomic E-state index is 4.86. The summed E-state index contributed by atoms with van der Waals surface area (Å²) in [5, 5.41) is 0. The lowest BCUT2D eigenvalue weighted by Gasteiger charge is -2.11. The van der Waals surface area contributed by atoms with Gasteiger partial charge in [0.1, 0.15) is 5.69 Å². The van der Waals surface area contributed by atoms with E-state index in [-0.39, 0.29) is 0 Å². The minimum Gasteiger partial charge on any atom is -0.244 e. The molecule has 4 rings (SSSR count). The molecule has 0 saturated heterocycles. The van der Waals surface area contributed by atoms with E-state index in [0.29, 0.717) is 5.82 Å². The Kier molecular flexibility index (Phi) is 3.82. The number of nitrogens with zero attached hydrogens (tertiary/aromatic N) is 3. The van der Waals surface area contributed by atoms with Crippen molar-refractivity contribution in [3.05, 3.63) is 91.3 Å². The van der Waals surface area contributed by atoms with Crippen molar-refractivity contribution in [2.75, 3.05) is 0 Å². The summed E-state index contributed by atoms with van der Waals surface area (Å²) in [5.74, 6) is 0.634. The zero-order chi connectivity index (χ0) is 16.2. The van der Waals surface area contributed by atoms with Gasteiger partial charge in [0, 0.05) is 23.5 Å². The molecule has 114 valence electrons. The van der Waals surface area contributed by atoms with Crippen LogP contribution in [0, 0.1) is 0 Å². The van der Waals surface area contributed by atoms with Gasteiger partial charge in [0.15, 0.2) is 5.82 Å². The van der Waals surface area contributed by atoms with Gasteiger partial charge >= 0.3 is 0 Å². The molecule has 0 radical (unpaired) electrons. The third-order valence-electron chi connectivity index (χ3n) is 3.82. The van der Waals surface area contributed by atoms with Crippen LogP contribution >= 0.6 is 0 Å².